The predicted molar refractivity (Wildman–Crippen MR) is 41.5 cm³/mol. The highest BCUT2D eigenvalue weighted by Crippen LogP contribution is 1.90. The monoisotopic (exact) mass is 137 g/mol. The van der Waals surface area contributed by atoms with E-state index in [0.717, 1.165) is 18.1 Å². The maximum absolute atomic E-state index is 4.06. The molecule has 0 bridgehead atoms. The topological polar surface area (TPSA) is 41.0 Å². The van der Waals surface area contributed by atoms with Gasteiger partial charge in [-0.05, 0) is 13.8 Å². The standard InChI is InChI=1S/C7H11N3/c1-3-8-4-7-5-9-6(2)10-7/h4-5H,3H2,1-2H3,(H,9,10). The van der Waals surface area contributed by atoms with E-state index in [2.05, 4.69) is 15.0 Å². The summed E-state index contributed by atoms with van der Waals surface area (Å²) in [5.41, 5.74) is 0.972. The van der Waals surface area contributed by atoms with Crippen LogP contribution in [0.1, 0.15) is 18.4 Å². The molecule has 1 rings (SSSR count). The van der Waals surface area contributed by atoms with E-state index in [-0.39, 0.29) is 0 Å². The van der Waals surface area contributed by atoms with Crippen molar-refractivity contribution in [3.63, 3.8) is 0 Å². The van der Waals surface area contributed by atoms with Gasteiger partial charge in [0.25, 0.3) is 0 Å². The summed E-state index contributed by atoms with van der Waals surface area (Å²) in [6.45, 7) is 4.74. The quantitative estimate of drug-likeness (QED) is 0.610. The zero-order chi connectivity index (χ0) is 7.40. The van der Waals surface area contributed by atoms with Crippen molar-refractivity contribution in [2.75, 3.05) is 6.54 Å². The first kappa shape index (κ1) is 6.99. The molecule has 1 heterocycles. The fourth-order valence-electron chi connectivity index (χ4n) is 0.695. The minimum Gasteiger partial charge on any atom is -0.341 e. The Bertz CT molecular complexity index is 225. The van der Waals surface area contributed by atoms with Gasteiger partial charge in [0.15, 0.2) is 0 Å². The van der Waals surface area contributed by atoms with Crippen LogP contribution in [0.2, 0.25) is 0 Å². The lowest BCUT2D eigenvalue weighted by molar-refractivity contribution is 1.13. The fourth-order valence-corrected chi connectivity index (χ4v) is 0.695. The molecule has 0 unspecified atom stereocenters. The second kappa shape index (κ2) is 3.15. The van der Waals surface area contributed by atoms with Gasteiger partial charge < -0.3 is 4.98 Å². The van der Waals surface area contributed by atoms with Gasteiger partial charge in [0.05, 0.1) is 11.9 Å². The minimum absolute atomic E-state index is 0.818. The molecule has 0 radical (unpaired) electrons. The number of aryl methyl sites for hydroxylation is 1. The van der Waals surface area contributed by atoms with Gasteiger partial charge in [-0.1, -0.05) is 0 Å². The molecule has 0 atom stereocenters. The van der Waals surface area contributed by atoms with Crippen molar-refractivity contribution < 1.29 is 0 Å². The van der Waals surface area contributed by atoms with Crippen LogP contribution in [0.25, 0.3) is 0 Å². The van der Waals surface area contributed by atoms with Gasteiger partial charge in [0, 0.05) is 12.8 Å². The number of H-pyrrole nitrogens is 1. The van der Waals surface area contributed by atoms with Crippen LogP contribution in [0.15, 0.2) is 11.2 Å². The van der Waals surface area contributed by atoms with E-state index < -0.39 is 0 Å². The summed E-state index contributed by atoms with van der Waals surface area (Å²) in [7, 11) is 0. The summed E-state index contributed by atoms with van der Waals surface area (Å²) in [5.74, 6) is 0.928. The average Bonchev–Trinajstić information content (AvgIpc) is 2.31. The van der Waals surface area contributed by atoms with Crippen molar-refractivity contribution in [1.82, 2.24) is 9.97 Å². The third kappa shape index (κ3) is 1.69. The van der Waals surface area contributed by atoms with Crippen LogP contribution >= 0.6 is 0 Å². The Kier molecular flexibility index (Phi) is 2.20. The Labute approximate surface area is 60.2 Å². The van der Waals surface area contributed by atoms with Crippen molar-refractivity contribution in [3.8, 4) is 0 Å². The van der Waals surface area contributed by atoms with Crippen LogP contribution < -0.4 is 0 Å². The van der Waals surface area contributed by atoms with Crippen LogP contribution in [0, 0.1) is 6.92 Å². The zero-order valence-corrected chi connectivity index (χ0v) is 6.26. The molecular formula is C7H11N3. The summed E-state index contributed by atoms with van der Waals surface area (Å²) in [5, 5.41) is 0. The normalized spacial score (nSPS) is 11.0. The van der Waals surface area contributed by atoms with Crippen LogP contribution in [0.3, 0.4) is 0 Å². The number of aromatic amines is 1. The van der Waals surface area contributed by atoms with Gasteiger partial charge in [-0.2, -0.15) is 0 Å². The van der Waals surface area contributed by atoms with Crippen LogP contribution in [0.4, 0.5) is 0 Å². The summed E-state index contributed by atoms with van der Waals surface area (Å²) >= 11 is 0. The van der Waals surface area contributed by atoms with Crippen LogP contribution in [0.5, 0.6) is 0 Å². The number of hydrogen-bond acceptors (Lipinski definition) is 2. The van der Waals surface area contributed by atoms with Crippen molar-refractivity contribution >= 4 is 6.21 Å². The average molecular weight is 137 g/mol. The molecular weight excluding hydrogens is 126 g/mol. The third-order valence-electron chi connectivity index (χ3n) is 1.14. The molecule has 1 aromatic rings. The Balaban J connectivity index is 2.67. The minimum atomic E-state index is 0.818. The largest absolute Gasteiger partial charge is 0.341 e. The highest BCUT2D eigenvalue weighted by molar-refractivity contribution is 5.76. The molecule has 1 aromatic heterocycles. The zero-order valence-electron chi connectivity index (χ0n) is 6.26. The maximum atomic E-state index is 4.06. The molecule has 0 aliphatic rings. The Hall–Kier alpha value is -1.12. The number of hydrogen-bond donors (Lipinski definition) is 1. The van der Waals surface area contributed by atoms with Crippen molar-refractivity contribution in [2.24, 2.45) is 4.99 Å². The number of rotatable bonds is 2. The SMILES string of the molecule is CCN=Cc1cnc(C)[nH]1. The lowest BCUT2D eigenvalue weighted by atomic mass is 10.5. The van der Waals surface area contributed by atoms with Gasteiger partial charge in [-0.25, -0.2) is 4.98 Å². The lowest BCUT2D eigenvalue weighted by Gasteiger charge is -1.81. The molecule has 0 amide bonds. The molecule has 10 heavy (non-hydrogen) atoms. The molecule has 0 fully saturated rings. The maximum Gasteiger partial charge on any atom is 0.103 e. The second-order valence-electron chi connectivity index (χ2n) is 2.05. The van der Waals surface area contributed by atoms with E-state index in [1.54, 1.807) is 12.4 Å². The van der Waals surface area contributed by atoms with Gasteiger partial charge >= 0.3 is 0 Å². The fraction of sp³-hybridized carbons (Fsp3) is 0.429. The van der Waals surface area contributed by atoms with Gasteiger partial charge in [0.2, 0.25) is 0 Å². The van der Waals surface area contributed by atoms with E-state index in [1.807, 2.05) is 13.8 Å². The highest BCUT2D eigenvalue weighted by Gasteiger charge is 1.89. The molecule has 0 spiro atoms. The van der Waals surface area contributed by atoms with Crippen molar-refractivity contribution in [3.05, 3.63) is 17.7 Å². The van der Waals surface area contributed by atoms with E-state index in [4.69, 9.17) is 0 Å². The lowest BCUT2D eigenvalue weighted by Crippen LogP contribution is -1.81. The molecule has 0 aliphatic heterocycles. The molecule has 0 aliphatic carbocycles. The van der Waals surface area contributed by atoms with Gasteiger partial charge in [-0.3, -0.25) is 4.99 Å². The highest BCUT2D eigenvalue weighted by atomic mass is 14.9. The van der Waals surface area contributed by atoms with E-state index >= 15 is 0 Å². The van der Waals surface area contributed by atoms with E-state index in [9.17, 15) is 0 Å². The van der Waals surface area contributed by atoms with Crippen molar-refractivity contribution in [1.29, 1.82) is 0 Å². The third-order valence-corrected chi connectivity index (χ3v) is 1.14. The van der Waals surface area contributed by atoms with E-state index in [1.165, 1.54) is 0 Å². The molecule has 0 saturated heterocycles. The molecule has 54 valence electrons. The molecule has 3 heteroatoms. The van der Waals surface area contributed by atoms with Crippen molar-refractivity contribution in [2.45, 2.75) is 13.8 Å². The Morgan fingerprint density at radius 1 is 1.80 bits per heavy atom. The van der Waals surface area contributed by atoms with E-state index in [0.29, 0.717) is 0 Å². The summed E-state index contributed by atoms with van der Waals surface area (Å²) < 4.78 is 0. The number of aromatic nitrogens is 2. The predicted octanol–water partition coefficient (Wildman–Crippen LogP) is 1.16. The first-order valence-corrected chi connectivity index (χ1v) is 3.34. The number of imidazole rings is 1. The molecule has 0 aromatic carbocycles. The Morgan fingerprint density at radius 3 is 3.10 bits per heavy atom. The summed E-state index contributed by atoms with van der Waals surface area (Å²) in [4.78, 5) is 11.1. The summed E-state index contributed by atoms with van der Waals surface area (Å²) in [6.07, 6.45) is 3.56. The molecule has 0 saturated carbocycles. The number of aliphatic imine (C=N–C) groups is 1. The number of nitrogens with zero attached hydrogens (tertiary/aromatic N) is 2. The number of nitrogens with one attached hydrogen (secondary N) is 1. The molecule has 1 N–H and O–H groups in total. The molecule has 3 nitrogen and oxygen atoms in total. The first-order valence-electron chi connectivity index (χ1n) is 3.34. The second-order valence-corrected chi connectivity index (χ2v) is 2.05. The van der Waals surface area contributed by atoms with Crippen LogP contribution in [-0.2, 0) is 0 Å². The van der Waals surface area contributed by atoms with Gasteiger partial charge in [0.1, 0.15) is 5.82 Å². The summed E-state index contributed by atoms with van der Waals surface area (Å²) in [6, 6.07) is 0. The Morgan fingerprint density at radius 2 is 2.60 bits per heavy atom. The van der Waals surface area contributed by atoms with Gasteiger partial charge in [-0.15, -0.1) is 0 Å². The smallest absolute Gasteiger partial charge is 0.103 e. The van der Waals surface area contributed by atoms with Crippen LogP contribution in [-0.4, -0.2) is 22.7 Å². The first-order chi connectivity index (χ1) is 4.83.